The van der Waals surface area contributed by atoms with Gasteiger partial charge in [-0.05, 0) is 32.3 Å². The number of aromatic nitrogens is 1. The summed E-state index contributed by atoms with van der Waals surface area (Å²) in [4.78, 5) is 34.4. The lowest BCUT2D eigenvalue weighted by atomic mass is 9.98. The van der Waals surface area contributed by atoms with E-state index >= 15 is 0 Å². The van der Waals surface area contributed by atoms with Crippen molar-refractivity contribution in [1.82, 2.24) is 14.8 Å². The van der Waals surface area contributed by atoms with Crippen LogP contribution in [0.3, 0.4) is 0 Å². The highest BCUT2D eigenvalue weighted by molar-refractivity contribution is 9.10. The molecule has 0 fully saturated rings. The molecule has 136 valence electrons. The normalized spacial score (nSPS) is 13.7. The van der Waals surface area contributed by atoms with Crippen molar-refractivity contribution in [3.05, 3.63) is 64.1 Å². The van der Waals surface area contributed by atoms with Crippen LogP contribution in [0.1, 0.15) is 20.7 Å². The van der Waals surface area contributed by atoms with Gasteiger partial charge in [0.25, 0.3) is 11.8 Å². The van der Waals surface area contributed by atoms with E-state index in [1.54, 1.807) is 0 Å². The summed E-state index contributed by atoms with van der Waals surface area (Å²) in [5.41, 5.74) is 2.94. The predicted octanol–water partition coefficient (Wildman–Crippen LogP) is 3.82. The summed E-state index contributed by atoms with van der Waals surface area (Å²) < 4.78 is 0.846. The quantitative estimate of drug-likeness (QED) is 0.598. The van der Waals surface area contributed by atoms with Crippen LogP contribution in [0.15, 0.2) is 53.0 Å². The summed E-state index contributed by atoms with van der Waals surface area (Å²) >= 11 is 3.46. The number of carbonyl (C=O) groups is 2. The Bertz CT molecular complexity index is 1060. The van der Waals surface area contributed by atoms with Gasteiger partial charge in [0.05, 0.1) is 22.3 Å². The molecule has 27 heavy (non-hydrogen) atoms. The molecular formula is C21H18BrN3O2. The Labute approximate surface area is 165 Å². The van der Waals surface area contributed by atoms with Gasteiger partial charge in [-0.25, -0.2) is 4.98 Å². The lowest BCUT2D eigenvalue weighted by Gasteiger charge is -2.17. The van der Waals surface area contributed by atoms with Crippen molar-refractivity contribution in [2.24, 2.45) is 0 Å². The van der Waals surface area contributed by atoms with Crippen molar-refractivity contribution in [2.75, 3.05) is 27.2 Å². The first kappa shape index (κ1) is 17.8. The monoisotopic (exact) mass is 423 g/mol. The van der Waals surface area contributed by atoms with Crippen molar-refractivity contribution in [1.29, 1.82) is 0 Å². The number of imide groups is 1. The minimum atomic E-state index is -0.273. The number of fused-ring (bicyclic) bond motifs is 3. The van der Waals surface area contributed by atoms with Gasteiger partial charge < -0.3 is 4.90 Å². The van der Waals surface area contributed by atoms with Gasteiger partial charge in [0.1, 0.15) is 0 Å². The molecule has 0 radical (unpaired) electrons. The molecule has 0 aliphatic carbocycles. The lowest BCUT2D eigenvalue weighted by molar-refractivity contribution is 0.0646. The fourth-order valence-electron chi connectivity index (χ4n) is 3.34. The minimum absolute atomic E-state index is 0.250. The fraction of sp³-hybridized carbons (Fsp3) is 0.190. The third-order valence-electron chi connectivity index (χ3n) is 4.68. The maximum Gasteiger partial charge on any atom is 0.263 e. The van der Waals surface area contributed by atoms with E-state index in [9.17, 15) is 9.59 Å². The predicted molar refractivity (Wildman–Crippen MR) is 109 cm³/mol. The Morgan fingerprint density at radius 1 is 1.00 bits per heavy atom. The molecule has 1 aliphatic heterocycles. The Morgan fingerprint density at radius 3 is 2.41 bits per heavy atom. The Balaban J connectivity index is 1.97. The average molecular weight is 424 g/mol. The van der Waals surface area contributed by atoms with Gasteiger partial charge in [-0.3, -0.25) is 14.5 Å². The maximum atomic E-state index is 13.2. The van der Waals surface area contributed by atoms with E-state index in [4.69, 9.17) is 4.98 Å². The first-order valence-corrected chi connectivity index (χ1v) is 9.46. The molecule has 0 saturated heterocycles. The second-order valence-corrected chi connectivity index (χ2v) is 7.72. The fourth-order valence-corrected chi connectivity index (χ4v) is 3.70. The molecule has 1 aliphatic rings. The number of likely N-dealkylation sites (N-methyl/N-ethyl adjacent to an activating group) is 1. The van der Waals surface area contributed by atoms with Crippen molar-refractivity contribution >= 4 is 38.6 Å². The zero-order valence-electron chi connectivity index (χ0n) is 15.1. The van der Waals surface area contributed by atoms with E-state index in [0.29, 0.717) is 40.8 Å². The van der Waals surface area contributed by atoms with Crippen LogP contribution >= 0.6 is 15.9 Å². The summed E-state index contributed by atoms with van der Waals surface area (Å²) in [5.74, 6) is -0.524. The van der Waals surface area contributed by atoms with E-state index in [-0.39, 0.29) is 11.8 Å². The molecule has 2 heterocycles. The van der Waals surface area contributed by atoms with Gasteiger partial charge in [0.2, 0.25) is 0 Å². The molecule has 0 N–H and O–H groups in total. The zero-order chi connectivity index (χ0) is 19.1. The highest BCUT2D eigenvalue weighted by atomic mass is 79.9. The van der Waals surface area contributed by atoms with E-state index < -0.39 is 0 Å². The molecule has 3 aromatic rings. The van der Waals surface area contributed by atoms with E-state index in [1.807, 2.05) is 67.5 Å². The van der Waals surface area contributed by atoms with Gasteiger partial charge in [0, 0.05) is 28.5 Å². The van der Waals surface area contributed by atoms with Crippen molar-refractivity contribution in [3.63, 3.8) is 0 Å². The molecule has 0 saturated carbocycles. The zero-order valence-corrected chi connectivity index (χ0v) is 16.7. The van der Waals surface area contributed by atoms with Crippen LogP contribution in [-0.4, -0.2) is 53.8 Å². The van der Waals surface area contributed by atoms with Crippen molar-refractivity contribution in [3.8, 4) is 11.3 Å². The van der Waals surface area contributed by atoms with Crippen LogP contribution in [0.2, 0.25) is 0 Å². The van der Waals surface area contributed by atoms with Gasteiger partial charge in [-0.15, -0.1) is 0 Å². The number of rotatable bonds is 4. The van der Waals surface area contributed by atoms with Crippen LogP contribution in [0, 0.1) is 0 Å². The van der Waals surface area contributed by atoms with E-state index in [1.165, 1.54) is 4.90 Å². The van der Waals surface area contributed by atoms with Gasteiger partial charge in [0.15, 0.2) is 0 Å². The molecule has 4 rings (SSSR count). The minimum Gasteiger partial charge on any atom is -0.308 e. The van der Waals surface area contributed by atoms with Crippen molar-refractivity contribution < 1.29 is 9.59 Å². The van der Waals surface area contributed by atoms with Crippen LogP contribution in [0.25, 0.3) is 22.2 Å². The first-order valence-electron chi connectivity index (χ1n) is 8.67. The molecule has 6 heteroatoms. The second-order valence-electron chi connectivity index (χ2n) is 6.80. The Hall–Kier alpha value is -2.57. The molecule has 0 atom stereocenters. The third kappa shape index (κ3) is 3.05. The molecule has 0 spiro atoms. The number of halogens is 1. The van der Waals surface area contributed by atoms with E-state index in [0.717, 1.165) is 10.0 Å². The number of hydrogen-bond acceptors (Lipinski definition) is 4. The van der Waals surface area contributed by atoms with Crippen molar-refractivity contribution in [2.45, 2.75) is 0 Å². The topological polar surface area (TPSA) is 53.5 Å². The lowest BCUT2D eigenvalue weighted by Crippen LogP contribution is -2.36. The maximum absolute atomic E-state index is 13.2. The molecular weight excluding hydrogens is 406 g/mol. The Kier molecular flexibility index (Phi) is 4.53. The second kappa shape index (κ2) is 6.87. The SMILES string of the molecule is CN(C)CCN1C(=O)c2c(-c3ccccc3)nc3ccc(Br)cc3c2C1=O. The number of pyridine rings is 1. The van der Waals surface area contributed by atoms with Crippen LogP contribution in [0.5, 0.6) is 0 Å². The number of hydrogen-bond donors (Lipinski definition) is 0. The summed E-state index contributed by atoms with van der Waals surface area (Å²) in [6.07, 6.45) is 0. The Morgan fingerprint density at radius 2 is 1.70 bits per heavy atom. The highest BCUT2D eigenvalue weighted by Crippen LogP contribution is 2.36. The van der Waals surface area contributed by atoms with Crippen LogP contribution in [-0.2, 0) is 0 Å². The number of carbonyl (C=O) groups excluding carboxylic acids is 2. The molecule has 0 bridgehead atoms. The summed E-state index contributed by atoms with van der Waals surface area (Å²) in [5, 5.41) is 0.699. The standard InChI is InChI=1S/C21H18BrN3O2/c1-24(2)10-11-25-20(26)17-15-12-14(22)8-9-16(15)23-19(18(17)21(25)27)13-6-4-3-5-7-13/h3-9,12H,10-11H2,1-2H3. The highest BCUT2D eigenvalue weighted by Gasteiger charge is 2.39. The summed E-state index contributed by atoms with van der Waals surface area (Å²) in [6, 6.07) is 15.2. The number of benzene rings is 2. The van der Waals surface area contributed by atoms with Gasteiger partial charge >= 0.3 is 0 Å². The number of nitrogens with zero attached hydrogens (tertiary/aromatic N) is 3. The average Bonchev–Trinajstić information content (AvgIpc) is 2.91. The molecule has 1 aromatic heterocycles. The van der Waals surface area contributed by atoms with Crippen LogP contribution < -0.4 is 0 Å². The van der Waals surface area contributed by atoms with Crippen LogP contribution in [0.4, 0.5) is 0 Å². The molecule has 0 unspecified atom stereocenters. The largest absolute Gasteiger partial charge is 0.308 e. The summed E-state index contributed by atoms with van der Waals surface area (Å²) in [7, 11) is 3.84. The number of amides is 2. The van der Waals surface area contributed by atoms with E-state index in [2.05, 4.69) is 15.9 Å². The third-order valence-corrected chi connectivity index (χ3v) is 5.18. The molecule has 2 amide bonds. The van der Waals surface area contributed by atoms with Gasteiger partial charge in [-0.2, -0.15) is 0 Å². The molecule has 2 aromatic carbocycles. The smallest absolute Gasteiger partial charge is 0.263 e. The molecule has 5 nitrogen and oxygen atoms in total. The first-order chi connectivity index (χ1) is 13.0. The van der Waals surface area contributed by atoms with Gasteiger partial charge in [-0.1, -0.05) is 46.3 Å². The summed E-state index contributed by atoms with van der Waals surface area (Å²) in [6.45, 7) is 0.963.